The Kier molecular flexibility index (Phi) is 2.09. The van der Waals surface area contributed by atoms with Crippen LogP contribution in [0, 0.1) is 0 Å². The molecule has 0 bridgehead atoms. The lowest BCUT2D eigenvalue weighted by Crippen LogP contribution is -2.13. The molecule has 1 rings (SSSR count). The van der Waals surface area contributed by atoms with E-state index in [9.17, 15) is 9.59 Å². The number of allylic oxidation sites excluding steroid dienone is 4. The topological polar surface area (TPSA) is 34.1 Å². The van der Waals surface area contributed by atoms with E-state index in [1.165, 1.54) is 6.08 Å². The number of halogens is 1. The fourth-order valence-corrected chi connectivity index (χ4v) is 1.20. The van der Waals surface area contributed by atoms with Crippen molar-refractivity contribution >= 4 is 27.5 Å². The van der Waals surface area contributed by atoms with Gasteiger partial charge in [-0.1, -0.05) is 0 Å². The molecule has 0 radical (unpaired) electrons. The Hall–Kier alpha value is -0.700. The summed E-state index contributed by atoms with van der Waals surface area (Å²) in [5.41, 5.74) is 1.01. The molecule has 3 heteroatoms. The zero-order valence-electron chi connectivity index (χ0n) is 6.27. The molecule has 0 saturated heterocycles. The fraction of sp³-hybridized carbons (Fsp3) is 0.250. The van der Waals surface area contributed by atoms with Gasteiger partial charge in [-0.25, -0.2) is 0 Å². The van der Waals surface area contributed by atoms with E-state index in [1.54, 1.807) is 13.8 Å². The van der Waals surface area contributed by atoms with E-state index in [1.807, 2.05) is 0 Å². The minimum Gasteiger partial charge on any atom is -0.289 e. The highest BCUT2D eigenvalue weighted by Crippen LogP contribution is 2.22. The molecule has 1 aliphatic carbocycles. The standard InChI is InChI=1S/C8H7BrO2/c1-4-3-6(10)7(9)5(2)8(4)11/h3H,1-2H3. The monoisotopic (exact) mass is 214 g/mol. The third kappa shape index (κ3) is 1.33. The normalized spacial score (nSPS) is 19.0. The number of Topliss-reactive ketones (excluding diaryl/α,β-unsaturated/α-hetero) is 1. The number of rotatable bonds is 0. The second-order valence-corrected chi connectivity index (χ2v) is 3.25. The first-order chi connectivity index (χ1) is 5.04. The van der Waals surface area contributed by atoms with Gasteiger partial charge in [0.1, 0.15) is 0 Å². The molecular formula is C8H7BrO2. The van der Waals surface area contributed by atoms with Crippen molar-refractivity contribution in [2.24, 2.45) is 0 Å². The smallest absolute Gasteiger partial charge is 0.193 e. The number of carbonyl (C=O) groups excluding carboxylic acids is 2. The van der Waals surface area contributed by atoms with Crippen molar-refractivity contribution < 1.29 is 9.59 Å². The van der Waals surface area contributed by atoms with Crippen LogP contribution in [0.3, 0.4) is 0 Å². The summed E-state index contributed by atoms with van der Waals surface area (Å²) in [6.07, 6.45) is 1.35. The predicted octanol–water partition coefficient (Wildman–Crippen LogP) is 1.75. The second-order valence-electron chi connectivity index (χ2n) is 2.46. The molecule has 2 nitrogen and oxygen atoms in total. The van der Waals surface area contributed by atoms with Crippen LogP contribution in [-0.4, -0.2) is 11.6 Å². The van der Waals surface area contributed by atoms with E-state index in [-0.39, 0.29) is 11.6 Å². The van der Waals surface area contributed by atoms with Gasteiger partial charge in [0.2, 0.25) is 0 Å². The maximum absolute atomic E-state index is 11.2. The van der Waals surface area contributed by atoms with E-state index < -0.39 is 0 Å². The molecule has 0 aromatic heterocycles. The zero-order valence-corrected chi connectivity index (χ0v) is 7.86. The van der Waals surface area contributed by atoms with Gasteiger partial charge < -0.3 is 0 Å². The second kappa shape index (κ2) is 2.74. The Morgan fingerprint density at radius 2 is 1.82 bits per heavy atom. The van der Waals surface area contributed by atoms with E-state index in [2.05, 4.69) is 15.9 Å². The van der Waals surface area contributed by atoms with Crippen molar-refractivity contribution in [1.82, 2.24) is 0 Å². The van der Waals surface area contributed by atoms with Crippen LogP contribution in [0.15, 0.2) is 21.7 Å². The Morgan fingerprint density at radius 1 is 1.27 bits per heavy atom. The first-order valence-corrected chi connectivity index (χ1v) is 3.97. The van der Waals surface area contributed by atoms with E-state index in [0.717, 1.165) is 0 Å². The molecule has 0 heterocycles. The van der Waals surface area contributed by atoms with Gasteiger partial charge in [-0.15, -0.1) is 0 Å². The minimum atomic E-state index is -0.125. The van der Waals surface area contributed by atoms with Crippen LogP contribution in [0.4, 0.5) is 0 Å². The number of ketones is 2. The highest BCUT2D eigenvalue weighted by Gasteiger charge is 2.20. The molecule has 0 fully saturated rings. The number of hydrogen-bond acceptors (Lipinski definition) is 2. The largest absolute Gasteiger partial charge is 0.289 e. The molecule has 0 unspecified atom stereocenters. The predicted molar refractivity (Wildman–Crippen MR) is 45.4 cm³/mol. The molecule has 0 aromatic rings. The Bertz CT molecular complexity index is 297. The molecule has 58 valence electrons. The van der Waals surface area contributed by atoms with Crippen LogP contribution in [-0.2, 0) is 9.59 Å². The van der Waals surface area contributed by atoms with Gasteiger partial charge in [0.05, 0.1) is 4.48 Å². The van der Waals surface area contributed by atoms with Gasteiger partial charge in [0.15, 0.2) is 11.6 Å². The van der Waals surface area contributed by atoms with Crippen LogP contribution >= 0.6 is 15.9 Å². The number of carbonyl (C=O) groups is 2. The van der Waals surface area contributed by atoms with Crippen LogP contribution in [0.25, 0.3) is 0 Å². The van der Waals surface area contributed by atoms with Crippen LogP contribution in [0.1, 0.15) is 13.8 Å². The lowest BCUT2D eigenvalue weighted by molar-refractivity contribution is -0.115. The van der Waals surface area contributed by atoms with E-state index >= 15 is 0 Å². The molecule has 11 heavy (non-hydrogen) atoms. The summed E-state index contributed by atoms with van der Waals surface area (Å²) in [7, 11) is 0. The van der Waals surface area contributed by atoms with Crippen molar-refractivity contribution in [3.05, 3.63) is 21.7 Å². The van der Waals surface area contributed by atoms with Crippen molar-refractivity contribution in [3.8, 4) is 0 Å². The first-order valence-electron chi connectivity index (χ1n) is 3.17. The average molecular weight is 215 g/mol. The van der Waals surface area contributed by atoms with Crippen LogP contribution in [0.5, 0.6) is 0 Å². The average Bonchev–Trinajstić information content (AvgIpc) is 1.97. The quantitative estimate of drug-likeness (QED) is 0.577. The lowest BCUT2D eigenvalue weighted by atomic mass is 9.99. The molecule has 0 amide bonds. The van der Waals surface area contributed by atoms with Gasteiger partial charge in [0.25, 0.3) is 0 Å². The van der Waals surface area contributed by atoms with Gasteiger partial charge in [-0.3, -0.25) is 9.59 Å². The summed E-state index contributed by atoms with van der Waals surface area (Å²) >= 11 is 3.05. The molecule has 0 aromatic carbocycles. The maximum atomic E-state index is 11.2. The van der Waals surface area contributed by atoms with Gasteiger partial charge in [-0.2, -0.15) is 0 Å². The summed E-state index contributed by atoms with van der Waals surface area (Å²) in [4.78, 5) is 22.2. The third-order valence-electron chi connectivity index (χ3n) is 1.59. The summed E-state index contributed by atoms with van der Waals surface area (Å²) in [6.45, 7) is 3.28. The Labute approximate surface area is 73.1 Å². The molecule has 0 spiro atoms. The summed E-state index contributed by atoms with van der Waals surface area (Å²) in [5.74, 6) is -0.184. The fourth-order valence-electron chi connectivity index (χ4n) is 0.906. The van der Waals surface area contributed by atoms with E-state index in [0.29, 0.717) is 15.6 Å². The Balaban J connectivity index is 3.19. The van der Waals surface area contributed by atoms with Crippen molar-refractivity contribution in [2.45, 2.75) is 13.8 Å². The summed E-state index contributed by atoms with van der Waals surface area (Å²) in [6, 6.07) is 0. The summed E-state index contributed by atoms with van der Waals surface area (Å²) < 4.78 is 0.383. The molecule has 0 saturated carbocycles. The van der Waals surface area contributed by atoms with Crippen molar-refractivity contribution in [2.75, 3.05) is 0 Å². The Morgan fingerprint density at radius 3 is 2.36 bits per heavy atom. The van der Waals surface area contributed by atoms with Crippen LogP contribution < -0.4 is 0 Å². The van der Waals surface area contributed by atoms with Gasteiger partial charge in [-0.05, 0) is 35.9 Å². The van der Waals surface area contributed by atoms with Gasteiger partial charge in [0, 0.05) is 11.1 Å². The minimum absolute atomic E-state index is 0.0588. The van der Waals surface area contributed by atoms with Crippen molar-refractivity contribution in [3.63, 3.8) is 0 Å². The highest BCUT2D eigenvalue weighted by atomic mass is 79.9. The molecule has 1 aliphatic rings. The number of hydrogen-bond donors (Lipinski definition) is 0. The molecule has 0 N–H and O–H groups in total. The van der Waals surface area contributed by atoms with E-state index in [4.69, 9.17) is 0 Å². The first kappa shape index (κ1) is 8.40. The van der Waals surface area contributed by atoms with Gasteiger partial charge >= 0.3 is 0 Å². The van der Waals surface area contributed by atoms with Crippen LogP contribution in [0.2, 0.25) is 0 Å². The maximum Gasteiger partial charge on any atom is 0.193 e. The van der Waals surface area contributed by atoms with Crippen molar-refractivity contribution in [1.29, 1.82) is 0 Å². The SMILES string of the molecule is CC1=CC(=O)C(Br)=C(C)C1=O. The highest BCUT2D eigenvalue weighted by molar-refractivity contribution is 9.12. The zero-order chi connectivity index (χ0) is 8.59. The summed E-state index contributed by atoms with van der Waals surface area (Å²) in [5, 5.41) is 0. The molecule has 0 aliphatic heterocycles. The molecular weight excluding hydrogens is 208 g/mol. The lowest BCUT2D eigenvalue weighted by Gasteiger charge is -2.08. The third-order valence-corrected chi connectivity index (χ3v) is 2.58. The molecule has 0 atom stereocenters.